The van der Waals surface area contributed by atoms with Crippen molar-refractivity contribution in [2.24, 2.45) is 34.5 Å². The van der Waals surface area contributed by atoms with Gasteiger partial charge in [-0.3, -0.25) is 9.59 Å². The SMILES string of the molecule is C[C@]12CC[C@H]3[C@@H](CCC4CC(=O)CC[C@@]43CCO)[C@@H]1CCC2=O. The van der Waals surface area contributed by atoms with E-state index in [0.717, 1.165) is 51.4 Å². The molecule has 0 saturated heterocycles. The van der Waals surface area contributed by atoms with Crippen LogP contribution in [0.25, 0.3) is 0 Å². The number of carbonyl (C=O) groups excluding carboxylic acids is 2. The van der Waals surface area contributed by atoms with E-state index < -0.39 is 0 Å². The van der Waals surface area contributed by atoms with Crippen LogP contribution in [0.1, 0.15) is 71.1 Å². The van der Waals surface area contributed by atoms with E-state index in [1.165, 1.54) is 6.42 Å². The van der Waals surface area contributed by atoms with Crippen LogP contribution in [0.2, 0.25) is 0 Å². The van der Waals surface area contributed by atoms with Crippen molar-refractivity contribution in [3.63, 3.8) is 0 Å². The highest BCUT2D eigenvalue weighted by Gasteiger charge is 2.61. The van der Waals surface area contributed by atoms with E-state index >= 15 is 0 Å². The van der Waals surface area contributed by atoms with Crippen LogP contribution in [0, 0.1) is 34.5 Å². The maximum atomic E-state index is 12.5. The lowest BCUT2D eigenvalue weighted by molar-refractivity contribution is -0.149. The van der Waals surface area contributed by atoms with Crippen LogP contribution < -0.4 is 0 Å². The van der Waals surface area contributed by atoms with Gasteiger partial charge in [0.15, 0.2) is 0 Å². The zero-order valence-corrected chi connectivity index (χ0v) is 14.4. The molecule has 4 fully saturated rings. The average molecular weight is 318 g/mol. The Bertz CT molecular complexity index is 527. The fourth-order valence-corrected chi connectivity index (χ4v) is 7.33. The Morgan fingerprint density at radius 2 is 1.87 bits per heavy atom. The van der Waals surface area contributed by atoms with Gasteiger partial charge in [-0.2, -0.15) is 0 Å². The summed E-state index contributed by atoms with van der Waals surface area (Å²) in [6.45, 7) is 2.47. The molecule has 4 rings (SSSR count). The number of hydrogen-bond donors (Lipinski definition) is 1. The minimum atomic E-state index is -0.0705. The van der Waals surface area contributed by atoms with Crippen LogP contribution in [0.3, 0.4) is 0 Å². The molecule has 3 heteroatoms. The molecule has 128 valence electrons. The third-order valence-corrected chi connectivity index (χ3v) is 8.47. The molecule has 0 aliphatic heterocycles. The van der Waals surface area contributed by atoms with Crippen LogP contribution >= 0.6 is 0 Å². The summed E-state index contributed by atoms with van der Waals surface area (Å²) >= 11 is 0. The normalized spacial score (nSPS) is 49.5. The van der Waals surface area contributed by atoms with Crippen molar-refractivity contribution in [2.75, 3.05) is 6.61 Å². The fraction of sp³-hybridized carbons (Fsp3) is 0.900. The van der Waals surface area contributed by atoms with Crippen molar-refractivity contribution in [3.05, 3.63) is 0 Å². The summed E-state index contributed by atoms with van der Waals surface area (Å²) in [6.07, 6.45) is 9.65. The van der Waals surface area contributed by atoms with Crippen molar-refractivity contribution in [1.29, 1.82) is 0 Å². The second-order valence-electron chi connectivity index (χ2n) is 9.02. The Balaban J connectivity index is 1.68. The van der Waals surface area contributed by atoms with E-state index in [1.807, 2.05) is 0 Å². The molecule has 0 heterocycles. The number of fused-ring (bicyclic) bond motifs is 5. The molecule has 0 amide bonds. The van der Waals surface area contributed by atoms with Gasteiger partial charge in [-0.15, -0.1) is 0 Å². The van der Waals surface area contributed by atoms with Gasteiger partial charge in [0.25, 0.3) is 0 Å². The predicted octanol–water partition coefficient (Wildman–Crippen LogP) is 3.53. The van der Waals surface area contributed by atoms with Gasteiger partial charge in [0.2, 0.25) is 0 Å². The maximum absolute atomic E-state index is 12.5. The number of hydrogen-bond acceptors (Lipinski definition) is 3. The molecular formula is C20H30O3. The third kappa shape index (κ3) is 2.11. The van der Waals surface area contributed by atoms with Gasteiger partial charge >= 0.3 is 0 Å². The van der Waals surface area contributed by atoms with E-state index in [-0.39, 0.29) is 17.4 Å². The van der Waals surface area contributed by atoms with Gasteiger partial charge < -0.3 is 5.11 Å². The number of Topliss-reactive ketones (excluding diaryl/α,β-unsaturated/α-hetero) is 2. The van der Waals surface area contributed by atoms with Crippen molar-refractivity contribution < 1.29 is 14.7 Å². The lowest BCUT2D eigenvalue weighted by Gasteiger charge is -2.60. The number of rotatable bonds is 2. The van der Waals surface area contributed by atoms with Gasteiger partial charge in [-0.1, -0.05) is 6.92 Å². The van der Waals surface area contributed by atoms with Crippen LogP contribution in [0.5, 0.6) is 0 Å². The standard InChI is InChI=1S/C20H30O3/c1-19-8-7-17-15(16(19)4-5-18(19)23)3-2-13-12-14(22)6-9-20(13,17)10-11-21/h13,15-17,21H,2-12H2,1H3/t13?,15-,16-,17-,19-,20+/m0/s1. The Morgan fingerprint density at radius 3 is 2.65 bits per heavy atom. The highest BCUT2D eigenvalue weighted by molar-refractivity contribution is 5.87. The number of ketones is 2. The van der Waals surface area contributed by atoms with Crippen LogP contribution in [-0.4, -0.2) is 23.3 Å². The summed E-state index contributed by atoms with van der Waals surface area (Å²) in [7, 11) is 0. The van der Waals surface area contributed by atoms with E-state index in [2.05, 4.69) is 6.92 Å². The Hall–Kier alpha value is -0.700. The minimum absolute atomic E-state index is 0.0705. The van der Waals surface area contributed by atoms with E-state index in [1.54, 1.807) is 0 Å². The molecule has 23 heavy (non-hydrogen) atoms. The Labute approximate surface area is 139 Å². The molecule has 4 saturated carbocycles. The molecule has 0 aromatic heterocycles. The molecule has 1 N–H and O–H groups in total. The highest BCUT2D eigenvalue weighted by Crippen LogP contribution is 2.66. The summed E-state index contributed by atoms with van der Waals surface area (Å²) in [5.41, 5.74) is 0.109. The van der Waals surface area contributed by atoms with Gasteiger partial charge in [0.05, 0.1) is 0 Å². The molecule has 0 bridgehead atoms. The Kier molecular flexibility index (Phi) is 3.71. The topological polar surface area (TPSA) is 54.4 Å². The van der Waals surface area contributed by atoms with Crippen molar-refractivity contribution in [1.82, 2.24) is 0 Å². The molecule has 6 atom stereocenters. The molecule has 1 unspecified atom stereocenters. The molecule has 0 aromatic carbocycles. The summed E-state index contributed by atoms with van der Waals surface area (Å²) in [4.78, 5) is 24.4. The zero-order valence-electron chi connectivity index (χ0n) is 14.4. The van der Waals surface area contributed by atoms with Gasteiger partial charge in [0, 0.05) is 31.3 Å². The summed E-state index contributed by atoms with van der Waals surface area (Å²) in [5.74, 6) is 3.25. The molecule has 3 nitrogen and oxygen atoms in total. The van der Waals surface area contributed by atoms with Crippen LogP contribution in [-0.2, 0) is 9.59 Å². The summed E-state index contributed by atoms with van der Waals surface area (Å²) in [5, 5.41) is 9.75. The molecule has 0 spiro atoms. The highest BCUT2D eigenvalue weighted by atomic mass is 16.3. The largest absolute Gasteiger partial charge is 0.396 e. The second kappa shape index (κ2) is 5.40. The Morgan fingerprint density at radius 1 is 1.04 bits per heavy atom. The summed E-state index contributed by atoms with van der Waals surface area (Å²) < 4.78 is 0. The van der Waals surface area contributed by atoms with Crippen LogP contribution in [0.15, 0.2) is 0 Å². The monoisotopic (exact) mass is 318 g/mol. The molecular weight excluding hydrogens is 288 g/mol. The number of aliphatic hydroxyl groups excluding tert-OH is 1. The first-order valence-corrected chi connectivity index (χ1v) is 9.67. The molecule has 4 aliphatic rings. The molecule has 0 radical (unpaired) electrons. The number of aliphatic hydroxyl groups is 1. The minimum Gasteiger partial charge on any atom is -0.396 e. The zero-order chi connectivity index (χ0) is 16.2. The second-order valence-corrected chi connectivity index (χ2v) is 9.02. The first-order valence-electron chi connectivity index (χ1n) is 9.67. The first-order chi connectivity index (χ1) is 11.0. The van der Waals surface area contributed by atoms with Crippen molar-refractivity contribution in [3.8, 4) is 0 Å². The lowest BCUT2D eigenvalue weighted by atomic mass is 9.44. The van der Waals surface area contributed by atoms with Crippen molar-refractivity contribution >= 4 is 11.6 Å². The van der Waals surface area contributed by atoms with E-state index in [9.17, 15) is 14.7 Å². The van der Waals surface area contributed by atoms with Gasteiger partial charge in [-0.25, -0.2) is 0 Å². The first kappa shape index (κ1) is 15.8. The van der Waals surface area contributed by atoms with Crippen molar-refractivity contribution in [2.45, 2.75) is 71.1 Å². The van der Waals surface area contributed by atoms with Gasteiger partial charge in [0.1, 0.15) is 11.6 Å². The fourth-order valence-electron chi connectivity index (χ4n) is 7.33. The summed E-state index contributed by atoms with van der Waals surface area (Å²) in [6, 6.07) is 0. The lowest BCUT2D eigenvalue weighted by Crippen LogP contribution is -2.55. The third-order valence-electron chi connectivity index (χ3n) is 8.47. The molecule has 4 aliphatic carbocycles. The average Bonchev–Trinajstić information content (AvgIpc) is 2.84. The van der Waals surface area contributed by atoms with Gasteiger partial charge in [-0.05, 0) is 74.0 Å². The van der Waals surface area contributed by atoms with Crippen LogP contribution in [0.4, 0.5) is 0 Å². The quantitative estimate of drug-likeness (QED) is 0.847. The van der Waals surface area contributed by atoms with E-state index in [0.29, 0.717) is 41.7 Å². The maximum Gasteiger partial charge on any atom is 0.139 e. The molecule has 0 aromatic rings. The predicted molar refractivity (Wildman–Crippen MR) is 87.8 cm³/mol. The number of carbonyl (C=O) groups is 2. The smallest absolute Gasteiger partial charge is 0.139 e. The van der Waals surface area contributed by atoms with E-state index in [4.69, 9.17) is 0 Å².